The molecule has 0 spiro atoms. The van der Waals surface area contributed by atoms with Gasteiger partial charge in [0.05, 0.1) is 12.8 Å². The van der Waals surface area contributed by atoms with Crippen molar-refractivity contribution in [3.05, 3.63) is 82.9 Å². The van der Waals surface area contributed by atoms with Crippen LogP contribution in [0.15, 0.2) is 76.6 Å². The van der Waals surface area contributed by atoms with Crippen LogP contribution in [0.3, 0.4) is 0 Å². The van der Waals surface area contributed by atoms with Crippen molar-refractivity contribution in [2.75, 3.05) is 7.11 Å². The molecule has 0 aliphatic rings. The van der Waals surface area contributed by atoms with Crippen LogP contribution in [0.4, 0.5) is 5.69 Å². The zero-order valence-corrected chi connectivity index (χ0v) is 16.9. The molecule has 3 rings (SSSR count). The molecule has 28 heavy (non-hydrogen) atoms. The largest absolute Gasteiger partial charge is 0.497 e. The fourth-order valence-corrected chi connectivity index (χ4v) is 3.51. The van der Waals surface area contributed by atoms with Crippen LogP contribution in [0.1, 0.15) is 11.1 Å². The molecule has 0 atom stereocenters. The Kier molecular flexibility index (Phi) is 6.02. The van der Waals surface area contributed by atoms with Gasteiger partial charge in [-0.25, -0.2) is 0 Å². The summed E-state index contributed by atoms with van der Waals surface area (Å²) in [4.78, 5) is 4.43. The van der Waals surface area contributed by atoms with Crippen molar-refractivity contribution in [1.82, 2.24) is 0 Å². The van der Waals surface area contributed by atoms with E-state index in [2.05, 4.69) is 4.99 Å². The normalized spacial score (nSPS) is 11.5. The summed E-state index contributed by atoms with van der Waals surface area (Å²) < 4.78 is 35.6. The SMILES string of the molecule is COc1ccc(N=Cc2cc(Cl)ccc2OS(=O)(=O)c2ccc(C)cc2)cc1. The maximum atomic E-state index is 12.6. The van der Waals surface area contributed by atoms with Crippen LogP contribution in [0.5, 0.6) is 11.5 Å². The molecular formula is C21H18ClNO4S. The standard InChI is InChI=1S/C21H18ClNO4S/c1-15-3-10-20(11-4-15)28(24,25)27-21-12-5-17(22)13-16(21)14-23-18-6-8-19(26-2)9-7-18/h3-14H,1-2H3. The average Bonchev–Trinajstić information content (AvgIpc) is 2.68. The van der Waals surface area contributed by atoms with Crippen LogP contribution >= 0.6 is 11.6 Å². The number of rotatable bonds is 6. The first-order valence-corrected chi connectivity index (χ1v) is 10.1. The molecular weight excluding hydrogens is 398 g/mol. The number of aliphatic imine (C=N–C) groups is 1. The Morgan fingerprint density at radius 2 is 1.64 bits per heavy atom. The Morgan fingerprint density at radius 1 is 0.964 bits per heavy atom. The molecule has 0 aliphatic heterocycles. The monoisotopic (exact) mass is 415 g/mol. The molecule has 0 N–H and O–H groups in total. The second-order valence-electron chi connectivity index (χ2n) is 5.99. The van der Waals surface area contributed by atoms with Gasteiger partial charge in [0, 0.05) is 16.8 Å². The lowest BCUT2D eigenvalue weighted by atomic mass is 10.2. The molecule has 0 fully saturated rings. The lowest BCUT2D eigenvalue weighted by molar-refractivity contribution is 0.415. The highest BCUT2D eigenvalue weighted by atomic mass is 35.5. The van der Waals surface area contributed by atoms with E-state index in [-0.39, 0.29) is 10.6 Å². The maximum Gasteiger partial charge on any atom is 0.339 e. The highest BCUT2D eigenvalue weighted by Crippen LogP contribution is 2.26. The Morgan fingerprint density at radius 3 is 2.29 bits per heavy atom. The van der Waals surface area contributed by atoms with Crippen LogP contribution in [-0.4, -0.2) is 21.7 Å². The maximum absolute atomic E-state index is 12.6. The van der Waals surface area contributed by atoms with E-state index in [0.717, 1.165) is 11.3 Å². The fourth-order valence-electron chi connectivity index (χ4n) is 2.38. The summed E-state index contributed by atoms with van der Waals surface area (Å²) in [7, 11) is -2.39. The van der Waals surface area contributed by atoms with Gasteiger partial charge in [-0.15, -0.1) is 0 Å². The van der Waals surface area contributed by atoms with Crippen molar-refractivity contribution in [3.63, 3.8) is 0 Å². The number of benzene rings is 3. The number of nitrogens with zero attached hydrogens (tertiary/aromatic N) is 1. The molecule has 3 aromatic rings. The van der Waals surface area contributed by atoms with Gasteiger partial charge in [-0.3, -0.25) is 4.99 Å². The van der Waals surface area contributed by atoms with E-state index in [0.29, 0.717) is 16.3 Å². The second kappa shape index (κ2) is 8.46. The summed E-state index contributed by atoms with van der Waals surface area (Å²) in [5.74, 6) is 0.858. The minimum absolute atomic E-state index is 0.0751. The highest BCUT2D eigenvalue weighted by molar-refractivity contribution is 7.87. The van der Waals surface area contributed by atoms with Crippen molar-refractivity contribution in [2.24, 2.45) is 4.99 Å². The number of halogens is 1. The number of ether oxygens (including phenoxy) is 1. The number of methoxy groups -OCH3 is 1. The van der Waals surface area contributed by atoms with Crippen molar-refractivity contribution in [3.8, 4) is 11.5 Å². The van der Waals surface area contributed by atoms with E-state index < -0.39 is 10.1 Å². The zero-order chi connectivity index (χ0) is 20.1. The predicted octanol–water partition coefficient (Wildman–Crippen LogP) is 5.18. The van der Waals surface area contributed by atoms with Crippen molar-refractivity contribution < 1.29 is 17.3 Å². The van der Waals surface area contributed by atoms with Gasteiger partial charge in [0.15, 0.2) is 5.75 Å². The van der Waals surface area contributed by atoms with E-state index in [4.69, 9.17) is 20.5 Å². The molecule has 144 valence electrons. The molecule has 0 unspecified atom stereocenters. The first-order valence-electron chi connectivity index (χ1n) is 8.36. The molecule has 3 aromatic carbocycles. The Balaban J connectivity index is 1.89. The van der Waals surface area contributed by atoms with Crippen molar-refractivity contribution in [2.45, 2.75) is 11.8 Å². The van der Waals surface area contributed by atoms with Crippen molar-refractivity contribution >= 4 is 33.6 Å². The van der Waals surface area contributed by atoms with Gasteiger partial charge < -0.3 is 8.92 Å². The van der Waals surface area contributed by atoms with Crippen LogP contribution in [0.25, 0.3) is 0 Å². The number of hydrogen-bond donors (Lipinski definition) is 0. The summed E-state index contributed by atoms with van der Waals surface area (Å²) in [6.07, 6.45) is 1.51. The third-order valence-corrected chi connectivity index (χ3v) is 5.39. The van der Waals surface area contributed by atoms with E-state index in [1.807, 2.05) is 6.92 Å². The van der Waals surface area contributed by atoms with Crippen LogP contribution in [0.2, 0.25) is 5.02 Å². The summed E-state index contributed by atoms with van der Waals surface area (Å²) in [5.41, 5.74) is 2.07. The molecule has 0 heterocycles. The topological polar surface area (TPSA) is 65.0 Å². The van der Waals surface area contributed by atoms with E-state index in [1.54, 1.807) is 55.6 Å². The average molecular weight is 416 g/mol. The van der Waals surface area contributed by atoms with Gasteiger partial charge in [0.2, 0.25) is 0 Å². The van der Waals surface area contributed by atoms with Crippen LogP contribution < -0.4 is 8.92 Å². The minimum atomic E-state index is -3.98. The quantitative estimate of drug-likeness (QED) is 0.411. The molecule has 7 heteroatoms. The van der Waals surface area contributed by atoms with Crippen LogP contribution in [0, 0.1) is 6.92 Å². The lowest BCUT2D eigenvalue weighted by Gasteiger charge is -2.10. The van der Waals surface area contributed by atoms with E-state index in [9.17, 15) is 8.42 Å². The highest BCUT2D eigenvalue weighted by Gasteiger charge is 2.18. The summed E-state index contributed by atoms with van der Waals surface area (Å²) >= 11 is 6.06. The summed E-state index contributed by atoms with van der Waals surface area (Å²) in [5, 5.41) is 0.441. The van der Waals surface area contributed by atoms with Gasteiger partial charge in [-0.05, 0) is 61.5 Å². The number of hydrogen-bond acceptors (Lipinski definition) is 5. The molecule has 0 aliphatic carbocycles. The summed E-state index contributed by atoms with van der Waals surface area (Å²) in [6.45, 7) is 1.88. The third-order valence-electron chi connectivity index (χ3n) is 3.91. The van der Waals surface area contributed by atoms with E-state index >= 15 is 0 Å². The van der Waals surface area contributed by atoms with Crippen LogP contribution in [-0.2, 0) is 10.1 Å². The number of aryl methyl sites for hydroxylation is 1. The molecule has 0 saturated heterocycles. The van der Waals surface area contributed by atoms with Crippen molar-refractivity contribution in [1.29, 1.82) is 0 Å². The first-order chi connectivity index (χ1) is 13.4. The minimum Gasteiger partial charge on any atom is -0.497 e. The summed E-state index contributed by atoms with van der Waals surface area (Å²) in [6, 6.07) is 18.2. The predicted molar refractivity (Wildman–Crippen MR) is 111 cm³/mol. The smallest absolute Gasteiger partial charge is 0.339 e. The van der Waals surface area contributed by atoms with E-state index in [1.165, 1.54) is 24.4 Å². The molecule has 0 aromatic heterocycles. The molecule has 5 nitrogen and oxygen atoms in total. The molecule has 0 radical (unpaired) electrons. The van der Waals surface area contributed by atoms with Gasteiger partial charge >= 0.3 is 10.1 Å². The zero-order valence-electron chi connectivity index (χ0n) is 15.3. The van der Waals surface area contributed by atoms with Gasteiger partial charge in [-0.2, -0.15) is 8.42 Å². The third kappa shape index (κ3) is 4.91. The second-order valence-corrected chi connectivity index (χ2v) is 7.97. The van der Waals surface area contributed by atoms with Gasteiger partial charge in [0.25, 0.3) is 0 Å². The molecule has 0 saturated carbocycles. The Labute approximate surface area is 169 Å². The van der Waals surface area contributed by atoms with Gasteiger partial charge in [-0.1, -0.05) is 29.3 Å². The Bertz CT molecular complexity index is 1090. The Hall–Kier alpha value is -2.83. The van der Waals surface area contributed by atoms with Gasteiger partial charge in [0.1, 0.15) is 10.6 Å². The molecule has 0 amide bonds. The fraction of sp³-hybridized carbons (Fsp3) is 0.0952. The molecule has 0 bridgehead atoms. The lowest BCUT2D eigenvalue weighted by Crippen LogP contribution is -2.11. The first kappa shape index (κ1) is 19.9.